The van der Waals surface area contributed by atoms with Gasteiger partial charge in [0.15, 0.2) is 0 Å². The summed E-state index contributed by atoms with van der Waals surface area (Å²) >= 11 is 0. The highest BCUT2D eigenvalue weighted by Gasteiger charge is 2.38. The van der Waals surface area contributed by atoms with E-state index in [1.54, 1.807) is 45.2 Å². The molecule has 1 aromatic heterocycles. The molecule has 1 aliphatic rings. The maximum atomic E-state index is 13.4. The highest BCUT2D eigenvalue weighted by molar-refractivity contribution is 5.95. The van der Waals surface area contributed by atoms with Crippen LogP contribution in [0.15, 0.2) is 40.5 Å². The highest BCUT2D eigenvalue weighted by Crippen LogP contribution is 2.44. The van der Waals surface area contributed by atoms with Crippen LogP contribution in [0.4, 0.5) is 5.69 Å². The second-order valence-electron chi connectivity index (χ2n) is 7.98. The quantitative estimate of drug-likeness (QED) is 0.596. The van der Waals surface area contributed by atoms with Crippen molar-refractivity contribution in [3.63, 3.8) is 0 Å². The van der Waals surface area contributed by atoms with E-state index in [-0.39, 0.29) is 24.2 Å². The van der Waals surface area contributed by atoms with Crippen molar-refractivity contribution in [2.75, 3.05) is 19.0 Å². The Morgan fingerprint density at radius 3 is 2.65 bits per heavy atom. The van der Waals surface area contributed by atoms with Crippen LogP contribution >= 0.6 is 0 Å². The van der Waals surface area contributed by atoms with E-state index in [1.807, 2.05) is 6.92 Å². The number of hydrogen-bond acceptors (Lipinski definition) is 8. The SMILES string of the molecule is CCOC(=O)C[C@@H](C)OC(=O)C1=C(C)Nc2c(C)c[nH]c(=O)c2C1c1ccc(C#N)cc1OC. The third-order valence-corrected chi connectivity index (χ3v) is 5.58. The van der Waals surface area contributed by atoms with Crippen LogP contribution in [0, 0.1) is 18.3 Å². The number of pyridine rings is 1. The number of carbonyl (C=O) groups excluding carboxylic acids is 2. The van der Waals surface area contributed by atoms with Gasteiger partial charge in [0.1, 0.15) is 11.9 Å². The monoisotopic (exact) mass is 465 g/mol. The van der Waals surface area contributed by atoms with E-state index in [9.17, 15) is 19.6 Å². The van der Waals surface area contributed by atoms with E-state index < -0.39 is 24.0 Å². The van der Waals surface area contributed by atoms with E-state index in [0.29, 0.717) is 33.8 Å². The van der Waals surface area contributed by atoms with Crippen LogP contribution in [-0.4, -0.2) is 36.7 Å². The van der Waals surface area contributed by atoms with E-state index in [1.165, 1.54) is 7.11 Å². The molecule has 9 heteroatoms. The zero-order valence-electron chi connectivity index (χ0n) is 19.8. The molecule has 178 valence electrons. The number of nitrogens with one attached hydrogen (secondary N) is 2. The Kier molecular flexibility index (Phi) is 7.41. The first-order chi connectivity index (χ1) is 16.2. The molecule has 0 spiro atoms. The van der Waals surface area contributed by atoms with Crippen LogP contribution in [0.25, 0.3) is 0 Å². The van der Waals surface area contributed by atoms with Gasteiger partial charge >= 0.3 is 11.9 Å². The van der Waals surface area contributed by atoms with E-state index in [4.69, 9.17) is 14.2 Å². The number of ether oxygens (including phenoxy) is 3. The lowest BCUT2D eigenvalue weighted by molar-refractivity contribution is -0.151. The predicted molar refractivity (Wildman–Crippen MR) is 124 cm³/mol. The molecule has 2 heterocycles. The normalized spacial score (nSPS) is 15.5. The number of nitrogens with zero attached hydrogens (tertiary/aromatic N) is 1. The molecule has 1 unspecified atom stereocenters. The fraction of sp³-hybridized carbons (Fsp3) is 0.360. The van der Waals surface area contributed by atoms with E-state index in [2.05, 4.69) is 16.4 Å². The van der Waals surface area contributed by atoms with Gasteiger partial charge in [0, 0.05) is 17.5 Å². The summed E-state index contributed by atoms with van der Waals surface area (Å²) in [6, 6.07) is 6.89. The summed E-state index contributed by atoms with van der Waals surface area (Å²) in [6.07, 6.45) is 0.757. The second-order valence-corrected chi connectivity index (χ2v) is 7.98. The third kappa shape index (κ3) is 4.81. The number of fused-ring (bicyclic) bond motifs is 1. The molecule has 0 radical (unpaired) electrons. The Balaban J connectivity index is 2.14. The molecule has 2 aromatic rings. The standard InChI is InChI=1S/C25H27N3O6/c1-6-33-19(29)9-14(3)34-25(31)20-15(4)28-23-13(2)12-27-24(30)22(23)21(20)17-8-7-16(11-26)10-18(17)32-5/h7-8,10,12,14,21,28H,6,9H2,1-5H3,(H,27,30)/t14-,21?/m1/s1. The number of aromatic amines is 1. The Morgan fingerprint density at radius 2 is 2.00 bits per heavy atom. The van der Waals surface area contributed by atoms with Crippen LogP contribution in [0.3, 0.4) is 0 Å². The van der Waals surface area contributed by atoms with Gasteiger partial charge in [-0.25, -0.2) is 4.79 Å². The van der Waals surface area contributed by atoms with Crippen molar-refractivity contribution >= 4 is 17.6 Å². The van der Waals surface area contributed by atoms with Crippen LogP contribution in [0.2, 0.25) is 0 Å². The van der Waals surface area contributed by atoms with Crippen molar-refractivity contribution in [3.8, 4) is 11.8 Å². The van der Waals surface area contributed by atoms with E-state index >= 15 is 0 Å². The van der Waals surface area contributed by atoms with Gasteiger partial charge in [-0.1, -0.05) is 6.07 Å². The van der Waals surface area contributed by atoms with Gasteiger partial charge in [0.25, 0.3) is 5.56 Å². The predicted octanol–water partition coefficient (Wildman–Crippen LogP) is 3.28. The van der Waals surface area contributed by atoms with Crippen LogP contribution in [0.1, 0.15) is 55.4 Å². The van der Waals surface area contributed by atoms with Gasteiger partial charge in [-0.2, -0.15) is 5.26 Å². The zero-order valence-corrected chi connectivity index (χ0v) is 19.8. The summed E-state index contributed by atoms with van der Waals surface area (Å²) in [5.74, 6) is -1.62. The highest BCUT2D eigenvalue weighted by atomic mass is 16.6. The lowest BCUT2D eigenvalue weighted by atomic mass is 9.80. The number of aryl methyl sites for hydroxylation is 1. The van der Waals surface area contributed by atoms with Gasteiger partial charge in [0.05, 0.1) is 54.5 Å². The smallest absolute Gasteiger partial charge is 0.337 e. The van der Waals surface area contributed by atoms with Crippen LogP contribution in [-0.2, 0) is 19.1 Å². The number of esters is 2. The molecule has 9 nitrogen and oxygen atoms in total. The molecule has 0 amide bonds. The van der Waals surface area contributed by atoms with Crippen molar-refractivity contribution in [2.24, 2.45) is 0 Å². The number of nitriles is 1. The summed E-state index contributed by atoms with van der Waals surface area (Å²) in [4.78, 5) is 40.9. The Hall–Kier alpha value is -4.06. The maximum Gasteiger partial charge on any atom is 0.337 e. The largest absolute Gasteiger partial charge is 0.496 e. The molecule has 2 N–H and O–H groups in total. The fourth-order valence-electron chi connectivity index (χ4n) is 4.05. The third-order valence-electron chi connectivity index (χ3n) is 5.58. The summed E-state index contributed by atoms with van der Waals surface area (Å²) in [5.41, 5.74) is 2.96. The van der Waals surface area contributed by atoms with Crippen molar-refractivity contribution in [3.05, 3.63) is 68.3 Å². The van der Waals surface area contributed by atoms with Gasteiger partial charge in [-0.15, -0.1) is 0 Å². The van der Waals surface area contributed by atoms with E-state index in [0.717, 1.165) is 5.56 Å². The lowest BCUT2D eigenvalue weighted by Crippen LogP contribution is -2.32. The lowest BCUT2D eigenvalue weighted by Gasteiger charge is -2.31. The molecule has 0 fully saturated rings. The molecule has 0 bridgehead atoms. The zero-order chi connectivity index (χ0) is 25.0. The number of hydrogen-bond donors (Lipinski definition) is 2. The molecule has 34 heavy (non-hydrogen) atoms. The number of benzene rings is 1. The first-order valence-electron chi connectivity index (χ1n) is 10.9. The van der Waals surface area contributed by atoms with Crippen molar-refractivity contribution in [1.29, 1.82) is 5.26 Å². The first-order valence-corrected chi connectivity index (χ1v) is 10.9. The van der Waals surface area contributed by atoms with Crippen molar-refractivity contribution < 1.29 is 23.8 Å². The number of H-pyrrole nitrogens is 1. The molecule has 1 aliphatic heterocycles. The first kappa shape index (κ1) is 24.6. The number of rotatable bonds is 7. The number of aromatic nitrogens is 1. The number of carbonyl (C=O) groups is 2. The summed E-state index contributed by atoms with van der Waals surface area (Å²) < 4.78 is 16.1. The second kappa shape index (κ2) is 10.3. The van der Waals surface area contributed by atoms with Gasteiger partial charge in [0.2, 0.25) is 0 Å². The molecular weight excluding hydrogens is 438 g/mol. The average Bonchev–Trinajstić information content (AvgIpc) is 2.80. The minimum atomic E-state index is -0.829. The van der Waals surface area contributed by atoms with Crippen LogP contribution < -0.4 is 15.6 Å². The van der Waals surface area contributed by atoms with Gasteiger partial charge in [-0.05, 0) is 45.4 Å². The Labute approximate surface area is 197 Å². The molecule has 2 atom stereocenters. The fourth-order valence-corrected chi connectivity index (χ4v) is 4.05. The number of anilines is 1. The van der Waals surface area contributed by atoms with Gasteiger partial charge < -0.3 is 24.5 Å². The minimum absolute atomic E-state index is 0.0968. The molecule has 3 rings (SSSR count). The Morgan fingerprint density at radius 1 is 1.26 bits per heavy atom. The average molecular weight is 466 g/mol. The molecule has 1 aromatic carbocycles. The maximum absolute atomic E-state index is 13.4. The summed E-state index contributed by atoms with van der Waals surface area (Å²) in [5, 5.41) is 12.5. The summed E-state index contributed by atoms with van der Waals surface area (Å²) in [7, 11) is 1.46. The molecule has 0 saturated carbocycles. The Bertz CT molecular complexity index is 1250. The number of methoxy groups -OCH3 is 1. The van der Waals surface area contributed by atoms with Crippen molar-refractivity contribution in [2.45, 2.75) is 46.1 Å². The molecule has 0 saturated heterocycles. The molecular formula is C25H27N3O6. The summed E-state index contributed by atoms with van der Waals surface area (Å²) in [6.45, 7) is 7.09. The molecule has 0 aliphatic carbocycles. The number of allylic oxidation sites excluding steroid dienone is 1. The van der Waals surface area contributed by atoms with Crippen LogP contribution in [0.5, 0.6) is 5.75 Å². The van der Waals surface area contributed by atoms with Gasteiger partial charge in [-0.3, -0.25) is 9.59 Å². The van der Waals surface area contributed by atoms with Crippen molar-refractivity contribution in [1.82, 2.24) is 4.98 Å². The minimum Gasteiger partial charge on any atom is -0.496 e. The topological polar surface area (TPSA) is 131 Å².